The van der Waals surface area contributed by atoms with Gasteiger partial charge in [0.05, 0.1) is 10.6 Å². The Hall–Kier alpha value is -1.26. The van der Waals surface area contributed by atoms with Crippen LogP contribution in [0.2, 0.25) is 5.02 Å². The Morgan fingerprint density at radius 3 is 2.80 bits per heavy atom. The molecule has 1 heterocycles. The number of phenolic OH excluding ortho intramolecular Hbond substituents is 1. The molecule has 0 aliphatic carbocycles. The van der Waals surface area contributed by atoms with Gasteiger partial charge in [0.15, 0.2) is 0 Å². The summed E-state index contributed by atoms with van der Waals surface area (Å²) in [6, 6.07) is 4.49. The lowest BCUT2D eigenvalue weighted by Crippen LogP contribution is -2.39. The maximum Gasteiger partial charge on any atom is 0.255 e. The average Bonchev–Trinajstić information content (AvgIpc) is 2.47. The number of carbonyl (C=O) groups excluding carboxylic acids is 1. The lowest BCUT2D eigenvalue weighted by atomic mass is 9.93. The van der Waals surface area contributed by atoms with Crippen molar-refractivity contribution < 1.29 is 9.90 Å². The molecular weight excluding hydrogens is 276 g/mol. The minimum atomic E-state index is -0.0852. The van der Waals surface area contributed by atoms with Gasteiger partial charge in [0.2, 0.25) is 0 Å². The SMILES string of the molecule is CNCCC1CCN(C(=O)c2cc(O)ccc2Cl)CC1. The predicted octanol–water partition coefficient (Wildman–Crippen LogP) is 2.51. The lowest BCUT2D eigenvalue weighted by molar-refractivity contribution is 0.0687. The number of likely N-dealkylation sites (tertiary alicyclic amines) is 1. The van der Waals surface area contributed by atoms with E-state index in [2.05, 4.69) is 5.32 Å². The number of benzene rings is 1. The average molecular weight is 297 g/mol. The van der Waals surface area contributed by atoms with Gasteiger partial charge in [0, 0.05) is 13.1 Å². The topological polar surface area (TPSA) is 52.6 Å². The second kappa shape index (κ2) is 6.95. The highest BCUT2D eigenvalue weighted by molar-refractivity contribution is 6.33. The summed E-state index contributed by atoms with van der Waals surface area (Å²) in [6.07, 6.45) is 3.22. The summed E-state index contributed by atoms with van der Waals surface area (Å²) < 4.78 is 0. The van der Waals surface area contributed by atoms with Crippen molar-refractivity contribution in [1.29, 1.82) is 0 Å². The molecule has 0 bridgehead atoms. The smallest absolute Gasteiger partial charge is 0.255 e. The molecular formula is C15H21ClN2O2. The molecule has 0 radical (unpaired) electrons. The molecule has 20 heavy (non-hydrogen) atoms. The fourth-order valence-corrected chi connectivity index (χ4v) is 2.82. The van der Waals surface area contributed by atoms with Crippen molar-refractivity contribution in [2.45, 2.75) is 19.3 Å². The summed E-state index contributed by atoms with van der Waals surface area (Å²) in [5, 5.41) is 13.0. The molecule has 1 aliphatic heterocycles. The maximum atomic E-state index is 12.4. The number of halogens is 1. The number of hydrogen-bond acceptors (Lipinski definition) is 3. The summed E-state index contributed by atoms with van der Waals surface area (Å²) >= 11 is 6.04. The van der Waals surface area contributed by atoms with Crippen LogP contribution < -0.4 is 5.32 Å². The van der Waals surface area contributed by atoms with E-state index in [0.717, 1.165) is 38.9 Å². The number of rotatable bonds is 4. The van der Waals surface area contributed by atoms with Crippen LogP contribution in [-0.4, -0.2) is 42.6 Å². The van der Waals surface area contributed by atoms with E-state index >= 15 is 0 Å². The van der Waals surface area contributed by atoms with Crippen LogP contribution in [0.3, 0.4) is 0 Å². The van der Waals surface area contributed by atoms with Gasteiger partial charge in [0.1, 0.15) is 5.75 Å². The molecule has 0 saturated carbocycles. The molecule has 4 nitrogen and oxygen atoms in total. The highest BCUT2D eigenvalue weighted by Gasteiger charge is 2.24. The van der Waals surface area contributed by atoms with Crippen molar-refractivity contribution >= 4 is 17.5 Å². The van der Waals surface area contributed by atoms with Gasteiger partial charge in [-0.25, -0.2) is 0 Å². The highest BCUT2D eigenvalue weighted by Crippen LogP contribution is 2.26. The van der Waals surface area contributed by atoms with Crippen LogP contribution in [0.4, 0.5) is 0 Å². The predicted molar refractivity (Wildman–Crippen MR) is 80.3 cm³/mol. The van der Waals surface area contributed by atoms with E-state index < -0.39 is 0 Å². The fraction of sp³-hybridized carbons (Fsp3) is 0.533. The molecule has 0 aromatic heterocycles. The first-order valence-corrected chi connectivity index (χ1v) is 7.42. The van der Waals surface area contributed by atoms with Crippen molar-refractivity contribution in [2.75, 3.05) is 26.7 Å². The number of nitrogens with one attached hydrogen (secondary N) is 1. The van der Waals surface area contributed by atoms with Gasteiger partial charge in [-0.1, -0.05) is 11.6 Å². The second-order valence-electron chi connectivity index (χ2n) is 5.29. The highest BCUT2D eigenvalue weighted by atomic mass is 35.5. The van der Waals surface area contributed by atoms with Gasteiger partial charge in [0.25, 0.3) is 5.91 Å². The fourth-order valence-electron chi connectivity index (χ4n) is 2.62. The molecule has 1 amide bonds. The number of nitrogens with zero attached hydrogens (tertiary/aromatic N) is 1. The summed E-state index contributed by atoms with van der Waals surface area (Å²) in [6.45, 7) is 2.55. The molecule has 0 atom stereocenters. The minimum absolute atomic E-state index is 0.0710. The number of phenols is 1. The van der Waals surface area contributed by atoms with Gasteiger partial charge in [-0.15, -0.1) is 0 Å². The zero-order valence-corrected chi connectivity index (χ0v) is 12.5. The minimum Gasteiger partial charge on any atom is -0.508 e. The zero-order valence-electron chi connectivity index (χ0n) is 11.7. The Bertz CT molecular complexity index is 471. The number of carbonyl (C=O) groups is 1. The normalized spacial score (nSPS) is 16.4. The first kappa shape index (κ1) is 15.1. The van der Waals surface area contributed by atoms with Crippen LogP contribution in [0.25, 0.3) is 0 Å². The number of aromatic hydroxyl groups is 1. The number of hydrogen-bond donors (Lipinski definition) is 2. The standard InChI is InChI=1S/C15H21ClN2O2/c1-17-7-4-11-5-8-18(9-6-11)15(20)13-10-12(19)2-3-14(13)16/h2-3,10-11,17,19H,4-9H2,1H3. The molecule has 1 saturated heterocycles. The molecule has 2 N–H and O–H groups in total. The van der Waals surface area contributed by atoms with Crippen molar-refractivity contribution in [3.63, 3.8) is 0 Å². The van der Waals surface area contributed by atoms with Gasteiger partial charge >= 0.3 is 0 Å². The Morgan fingerprint density at radius 2 is 2.15 bits per heavy atom. The second-order valence-corrected chi connectivity index (χ2v) is 5.70. The third-order valence-electron chi connectivity index (χ3n) is 3.88. The summed E-state index contributed by atoms with van der Waals surface area (Å²) in [7, 11) is 1.96. The van der Waals surface area contributed by atoms with E-state index in [0.29, 0.717) is 16.5 Å². The molecule has 0 spiro atoms. The van der Waals surface area contributed by atoms with Gasteiger partial charge in [-0.2, -0.15) is 0 Å². The van der Waals surface area contributed by atoms with E-state index in [1.54, 1.807) is 6.07 Å². The largest absolute Gasteiger partial charge is 0.508 e. The quantitative estimate of drug-likeness (QED) is 0.897. The van der Waals surface area contributed by atoms with Crippen LogP contribution in [0.5, 0.6) is 5.75 Å². The zero-order chi connectivity index (χ0) is 14.5. The van der Waals surface area contributed by atoms with Crippen molar-refractivity contribution in [3.05, 3.63) is 28.8 Å². The molecule has 0 unspecified atom stereocenters. The molecule has 5 heteroatoms. The first-order chi connectivity index (χ1) is 9.61. The maximum absolute atomic E-state index is 12.4. The summed E-state index contributed by atoms with van der Waals surface area (Å²) in [5.41, 5.74) is 0.389. The van der Waals surface area contributed by atoms with Gasteiger partial charge in [-0.05, 0) is 57.0 Å². The lowest BCUT2D eigenvalue weighted by Gasteiger charge is -2.32. The van der Waals surface area contributed by atoms with E-state index in [-0.39, 0.29) is 11.7 Å². The van der Waals surface area contributed by atoms with E-state index in [1.807, 2.05) is 11.9 Å². The van der Waals surface area contributed by atoms with Crippen molar-refractivity contribution in [3.8, 4) is 5.75 Å². The third kappa shape index (κ3) is 3.64. The van der Waals surface area contributed by atoms with E-state index in [9.17, 15) is 9.90 Å². The molecule has 1 aliphatic rings. The third-order valence-corrected chi connectivity index (χ3v) is 4.21. The molecule has 110 valence electrons. The van der Waals surface area contributed by atoms with Crippen LogP contribution in [0.1, 0.15) is 29.6 Å². The van der Waals surface area contributed by atoms with Crippen LogP contribution >= 0.6 is 11.6 Å². The van der Waals surface area contributed by atoms with Crippen molar-refractivity contribution in [1.82, 2.24) is 10.2 Å². The summed E-state index contributed by atoms with van der Waals surface area (Å²) in [4.78, 5) is 14.2. The number of piperidine rings is 1. The summed E-state index contributed by atoms with van der Waals surface area (Å²) in [5.74, 6) is 0.672. The van der Waals surface area contributed by atoms with Crippen LogP contribution in [-0.2, 0) is 0 Å². The molecule has 1 fully saturated rings. The van der Waals surface area contributed by atoms with E-state index in [4.69, 9.17) is 11.6 Å². The molecule has 1 aromatic rings. The van der Waals surface area contributed by atoms with Gasteiger partial charge < -0.3 is 15.3 Å². The molecule has 1 aromatic carbocycles. The Kier molecular flexibility index (Phi) is 5.26. The van der Waals surface area contributed by atoms with Gasteiger partial charge in [-0.3, -0.25) is 4.79 Å². The Morgan fingerprint density at radius 1 is 1.45 bits per heavy atom. The Balaban J connectivity index is 1.96. The first-order valence-electron chi connectivity index (χ1n) is 7.04. The molecule has 2 rings (SSSR count). The van der Waals surface area contributed by atoms with Crippen LogP contribution in [0, 0.1) is 5.92 Å². The monoisotopic (exact) mass is 296 g/mol. The number of amides is 1. The van der Waals surface area contributed by atoms with Crippen LogP contribution in [0.15, 0.2) is 18.2 Å². The Labute approximate surface area is 124 Å². The van der Waals surface area contributed by atoms with Crippen molar-refractivity contribution in [2.24, 2.45) is 5.92 Å². The van der Waals surface area contributed by atoms with E-state index in [1.165, 1.54) is 12.1 Å².